The molecule has 0 radical (unpaired) electrons. The van der Waals surface area contributed by atoms with Crippen LogP contribution in [0.25, 0.3) is 11.5 Å². The van der Waals surface area contributed by atoms with Gasteiger partial charge in [0.25, 0.3) is 0 Å². The molecule has 1 aromatic heterocycles. The van der Waals surface area contributed by atoms with Gasteiger partial charge in [-0.15, -0.1) is 11.8 Å². The van der Waals surface area contributed by atoms with Crippen molar-refractivity contribution < 1.29 is 32.2 Å². The summed E-state index contributed by atoms with van der Waals surface area (Å²) in [5.74, 6) is 1.97. The van der Waals surface area contributed by atoms with Crippen molar-refractivity contribution in [1.29, 1.82) is 0 Å². The lowest BCUT2D eigenvalue weighted by Crippen LogP contribution is -2.38. The minimum absolute atomic E-state index is 0.153. The smallest absolute Gasteiger partial charge is 0.416 e. The first kappa shape index (κ1) is 24.2. The molecule has 4 rings (SSSR count). The standard InChI is InChI=1S/C24H23F3N2O4S/c1-15-20(28-22(33-15)17-4-6-18(7-5-17)24(25,26)27)12-32-19-8-2-16(3-9-19)10-11-29-14-34-13-21(29)23(30)31/h2-9,21H,10-14H2,1H3,(H,30,31)/t21-/m0/s1. The van der Waals surface area contributed by atoms with Crippen LogP contribution in [0, 0.1) is 6.92 Å². The van der Waals surface area contributed by atoms with Crippen molar-refractivity contribution in [1.82, 2.24) is 9.88 Å². The van der Waals surface area contributed by atoms with E-state index in [1.165, 1.54) is 12.1 Å². The number of thioether (sulfide) groups is 1. The molecule has 1 fully saturated rings. The minimum Gasteiger partial charge on any atom is -0.487 e. The lowest BCUT2D eigenvalue weighted by molar-refractivity contribution is -0.141. The van der Waals surface area contributed by atoms with E-state index in [2.05, 4.69) is 4.98 Å². The number of ether oxygens (including phenoxy) is 1. The molecule has 3 aromatic rings. The molecular formula is C24H23F3N2O4S. The molecule has 2 aromatic carbocycles. The van der Waals surface area contributed by atoms with Crippen molar-refractivity contribution in [3.8, 4) is 17.2 Å². The molecule has 1 N–H and O–H groups in total. The molecule has 34 heavy (non-hydrogen) atoms. The molecule has 0 bridgehead atoms. The van der Waals surface area contributed by atoms with E-state index in [9.17, 15) is 23.1 Å². The van der Waals surface area contributed by atoms with E-state index in [0.29, 0.717) is 35.1 Å². The van der Waals surface area contributed by atoms with Crippen LogP contribution in [0.15, 0.2) is 52.9 Å². The van der Waals surface area contributed by atoms with Crippen LogP contribution in [0.2, 0.25) is 0 Å². The number of aromatic nitrogens is 1. The number of carboxylic acids is 1. The molecule has 2 heterocycles. The third kappa shape index (κ3) is 5.74. The number of alkyl halides is 3. The fourth-order valence-electron chi connectivity index (χ4n) is 3.59. The number of aliphatic carboxylic acids is 1. The number of nitrogens with zero attached hydrogens (tertiary/aromatic N) is 2. The molecule has 180 valence electrons. The Kier molecular flexibility index (Phi) is 7.18. The molecule has 0 spiro atoms. The largest absolute Gasteiger partial charge is 0.487 e. The van der Waals surface area contributed by atoms with Gasteiger partial charge in [0.15, 0.2) is 0 Å². The van der Waals surface area contributed by atoms with Gasteiger partial charge >= 0.3 is 12.1 Å². The van der Waals surface area contributed by atoms with Crippen LogP contribution < -0.4 is 4.74 Å². The molecule has 1 aliphatic heterocycles. The fourth-order valence-corrected chi connectivity index (χ4v) is 4.81. The topological polar surface area (TPSA) is 75.8 Å². The lowest BCUT2D eigenvalue weighted by atomic mass is 10.1. The maximum absolute atomic E-state index is 12.8. The van der Waals surface area contributed by atoms with Crippen molar-refractivity contribution in [3.05, 3.63) is 71.1 Å². The first-order valence-electron chi connectivity index (χ1n) is 10.6. The zero-order valence-electron chi connectivity index (χ0n) is 18.3. The number of aryl methyl sites for hydroxylation is 1. The number of hydrogen-bond acceptors (Lipinski definition) is 6. The number of halogens is 3. The minimum atomic E-state index is -4.40. The third-order valence-corrected chi connectivity index (χ3v) is 6.66. The van der Waals surface area contributed by atoms with E-state index < -0.39 is 23.8 Å². The van der Waals surface area contributed by atoms with Gasteiger partial charge in [0.2, 0.25) is 5.89 Å². The Labute approximate surface area is 198 Å². The van der Waals surface area contributed by atoms with Crippen LogP contribution >= 0.6 is 11.8 Å². The van der Waals surface area contributed by atoms with Gasteiger partial charge < -0.3 is 14.3 Å². The monoisotopic (exact) mass is 492 g/mol. The van der Waals surface area contributed by atoms with E-state index in [0.717, 1.165) is 30.0 Å². The molecule has 0 amide bonds. The van der Waals surface area contributed by atoms with Crippen molar-refractivity contribution in [2.75, 3.05) is 18.2 Å². The molecule has 6 nitrogen and oxygen atoms in total. The summed E-state index contributed by atoms with van der Waals surface area (Å²) in [6.07, 6.45) is -3.66. The summed E-state index contributed by atoms with van der Waals surface area (Å²) in [5, 5.41) is 9.27. The second-order valence-electron chi connectivity index (χ2n) is 7.95. The van der Waals surface area contributed by atoms with Gasteiger partial charge in [-0.3, -0.25) is 9.69 Å². The maximum Gasteiger partial charge on any atom is 0.416 e. The average Bonchev–Trinajstić information content (AvgIpc) is 3.43. The van der Waals surface area contributed by atoms with Crippen LogP contribution in [0.5, 0.6) is 5.75 Å². The molecular weight excluding hydrogens is 469 g/mol. The Balaban J connectivity index is 1.32. The highest BCUT2D eigenvalue weighted by atomic mass is 32.2. The van der Waals surface area contributed by atoms with E-state index in [1.54, 1.807) is 18.7 Å². The fraction of sp³-hybridized carbons (Fsp3) is 0.333. The van der Waals surface area contributed by atoms with E-state index in [-0.39, 0.29) is 12.5 Å². The molecule has 1 aliphatic rings. The SMILES string of the molecule is Cc1oc(-c2ccc(C(F)(F)F)cc2)nc1COc1ccc(CCN2CSC[C@H]2C(=O)O)cc1. The van der Waals surface area contributed by atoms with Crippen molar-refractivity contribution in [3.63, 3.8) is 0 Å². The van der Waals surface area contributed by atoms with Crippen LogP contribution in [-0.2, 0) is 24.0 Å². The normalized spacial score (nSPS) is 16.6. The van der Waals surface area contributed by atoms with Gasteiger partial charge in [0, 0.05) is 23.7 Å². The van der Waals surface area contributed by atoms with E-state index >= 15 is 0 Å². The molecule has 1 atom stereocenters. The predicted molar refractivity (Wildman–Crippen MR) is 122 cm³/mol. The van der Waals surface area contributed by atoms with Gasteiger partial charge in [-0.2, -0.15) is 13.2 Å². The lowest BCUT2D eigenvalue weighted by Gasteiger charge is -2.19. The highest BCUT2D eigenvalue weighted by molar-refractivity contribution is 7.99. The van der Waals surface area contributed by atoms with Crippen molar-refractivity contribution >= 4 is 17.7 Å². The predicted octanol–water partition coefficient (Wildman–Crippen LogP) is 5.25. The van der Waals surface area contributed by atoms with Crippen LogP contribution in [0.3, 0.4) is 0 Å². The number of rotatable bonds is 8. The Morgan fingerprint density at radius 3 is 2.56 bits per heavy atom. The molecule has 0 aliphatic carbocycles. The van der Waals surface area contributed by atoms with E-state index in [1.807, 2.05) is 29.2 Å². The summed E-state index contributed by atoms with van der Waals surface area (Å²) in [7, 11) is 0. The Bertz CT molecular complexity index is 1130. The zero-order valence-corrected chi connectivity index (χ0v) is 19.2. The van der Waals surface area contributed by atoms with Gasteiger partial charge in [0.05, 0.1) is 5.56 Å². The molecule has 0 unspecified atom stereocenters. The maximum atomic E-state index is 12.8. The summed E-state index contributed by atoms with van der Waals surface area (Å²) >= 11 is 1.63. The highest BCUT2D eigenvalue weighted by Crippen LogP contribution is 2.31. The average molecular weight is 493 g/mol. The summed E-state index contributed by atoms with van der Waals surface area (Å²) in [5.41, 5.74) is 1.36. The number of carboxylic acid groups (broad SMARTS) is 1. The number of oxazole rings is 1. The Morgan fingerprint density at radius 1 is 1.21 bits per heavy atom. The first-order valence-corrected chi connectivity index (χ1v) is 11.8. The molecule has 1 saturated heterocycles. The first-order chi connectivity index (χ1) is 16.2. The zero-order chi connectivity index (χ0) is 24.3. The Morgan fingerprint density at radius 2 is 1.91 bits per heavy atom. The quantitative estimate of drug-likeness (QED) is 0.460. The van der Waals surface area contributed by atoms with Gasteiger partial charge in [-0.1, -0.05) is 12.1 Å². The highest BCUT2D eigenvalue weighted by Gasteiger charge is 2.31. The molecule has 10 heteroatoms. The summed E-state index contributed by atoms with van der Waals surface area (Å²) < 4.78 is 49.7. The number of hydrogen-bond donors (Lipinski definition) is 1. The van der Waals surface area contributed by atoms with Crippen molar-refractivity contribution in [2.24, 2.45) is 0 Å². The number of benzene rings is 2. The van der Waals surface area contributed by atoms with E-state index in [4.69, 9.17) is 9.15 Å². The second kappa shape index (κ2) is 10.1. The summed E-state index contributed by atoms with van der Waals surface area (Å²) in [4.78, 5) is 17.6. The van der Waals surface area contributed by atoms with Crippen LogP contribution in [0.1, 0.15) is 22.6 Å². The van der Waals surface area contributed by atoms with Gasteiger partial charge in [-0.25, -0.2) is 4.98 Å². The van der Waals surface area contributed by atoms with Gasteiger partial charge in [-0.05, 0) is 55.3 Å². The second-order valence-corrected chi connectivity index (χ2v) is 8.95. The third-order valence-electron chi connectivity index (χ3n) is 5.60. The summed E-state index contributed by atoms with van der Waals surface area (Å²) in [6.45, 7) is 2.55. The van der Waals surface area contributed by atoms with Crippen LogP contribution in [-0.4, -0.2) is 45.2 Å². The van der Waals surface area contributed by atoms with Crippen molar-refractivity contribution in [2.45, 2.75) is 32.2 Å². The molecule has 0 saturated carbocycles. The van der Waals surface area contributed by atoms with Gasteiger partial charge in [0.1, 0.15) is 29.9 Å². The summed E-state index contributed by atoms with van der Waals surface area (Å²) in [6, 6.07) is 11.8. The van der Waals surface area contributed by atoms with Crippen LogP contribution in [0.4, 0.5) is 13.2 Å². The number of carbonyl (C=O) groups is 1. The Hall–Kier alpha value is -2.98.